The van der Waals surface area contributed by atoms with E-state index in [0.717, 1.165) is 44.9 Å². The molecular weight excluding hydrogens is 368 g/mol. The molecule has 1 aromatic carbocycles. The van der Waals surface area contributed by atoms with E-state index in [4.69, 9.17) is 9.57 Å². The second-order valence-corrected chi connectivity index (χ2v) is 7.38. The number of rotatable bonds is 7. The van der Waals surface area contributed by atoms with Crippen LogP contribution in [0.1, 0.15) is 25.5 Å². The molecule has 0 saturated carbocycles. The van der Waals surface area contributed by atoms with Crippen LogP contribution in [0.4, 0.5) is 8.78 Å². The highest BCUT2D eigenvalue weighted by molar-refractivity contribution is 5.78. The van der Waals surface area contributed by atoms with Gasteiger partial charge in [-0.05, 0) is 23.8 Å². The molecule has 1 aromatic rings. The van der Waals surface area contributed by atoms with Gasteiger partial charge in [-0.1, -0.05) is 19.9 Å². The Morgan fingerprint density at radius 2 is 2.00 bits per heavy atom. The number of ether oxygens (including phenoxy) is 1. The van der Waals surface area contributed by atoms with Gasteiger partial charge < -0.3 is 14.5 Å². The number of hydrogen-bond donors (Lipinski definition) is 1. The predicted molar refractivity (Wildman–Crippen MR) is 100 cm³/mol. The lowest BCUT2D eigenvalue weighted by Crippen LogP contribution is -2.50. The molecule has 1 N–H and O–H groups in total. The molecule has 0 bridgehead atoms. The molecule has 0 radical (unpaired) electrons. The first-order chi connectivity index (χ1) is 13.4. The Bertz CT molecular complexity index is 719. The number of hydrogen-bond acceptors (Lipinski definition) is 5. The molecule has 2 heterocycles. The van der Waals surface area contributed by atoms with Crippen LogP contribution in [0.2, 0.25) is 0 Å². The molecule has 0 spiro atoms. The maximum atomic E-state index is 13.3. The average Bonchev–Trinajstić information content (AvgIpc) is 3.16. The van der Waals surface area contributed by atoms with Gasteiger partial charge in [0.1, 0.15) is 12.4 Å². The Kier molecular flexibility index (Phi) is 6.98. The molecule has 8 heteroatoms. The standard InChI is InChI=1S/C20H27F2N3O3/c1-14(2)20(26)25-7-5-24(6-8-25)9-10-27-13-16-12-19(23-28-16)15-3-4-17(21)18(22)11-15/h3-4,11-12,14,19,23H,5-10,13H2,1-2H3. The molecule has 3 rings (SSSR count). The van der Waals surface area contributed by atoms with Crippen molar-refractivity contribution in [1.82, 2.24) is 15.3 Å². The van der Waals surface area contributed by atoms with Crippen LogP contribution in [0.3, 0.4) is 0 Å². The van der Waals surface area contributed by atoms with Crippen molar-refractivity contribution in [3.63, 3.8) is 0 Å². The molecule has 1 amide bonds. The Balaban J connectivity index is 1.36. The van der Waals surface area contributed by atoms with E-state index in [9.17, 15) is 13.6 Å². The number of nitrogens with one attached hydrogen (secondary N) is 1. The van der Waals surface area contributed by atoms with E-state index in [-0.39, 0.29) is 17.9 Å². The Morgan fingerprint density at radius 3 is 2.68 bits per heavy atom. The zero-order valence-corrected chi connectivity index (χ0v) is 16.3. The topological polar surface area (TPSA) is 54.0 Å². The molecule has 1 unspecified atom stereocenters. The van der Waals surface area contributed by atoms with Crippen molar-refractivity contribution in [2.75, 3.05) is 45.9 Å². The third kappa shape index (κ3) is 5.27. The second kappa shape index (κ2) is 9.45. The number of nitrogens with zero attached hydrogens (tertiary/aromatic N) is 2. The second-order valence-electron chi connectivity index (χ2n) is 7.38. The van der Waals surface area contributed by atoms with Gasteiger partial charge in [-0.3, -0.25) is 9.69 Å². The number of amides is 1. The van der Waals surface area contributed by atoms with Crippen molar-refractivity contribution in [3.05, 3.63) is 47.2 Å². The number of halogens is 2. The average molecular weight is 395 g/mol. The minimum Gasteiger partial charge on any atom is -0.410 e. The molecular formula is C20H27F2N3O3. The molecule has 1 atom stereocenters. The van der Waals surface area contributed by atoms with Crippen molar-refractivity contribution >= 4 is 5.91 Å². The lowest BCUT2D eigenvalue weighted by molar-refractivity contribution is -0.136. The normalized spacial score (nSPS) is 20.4. The highest BCUT2D eigenvalue weighted by atomic mass is 19.2. The third-order valence-corrected chi connectivity index (χ3v) is 4.95. The smallest absolute Gasteiger partial charge is 0.225 e. The van der Waals surface area contributed by atoms with E-state index in [2.05, 4.69) is 10.4 Å². The van der Waals surface area contributed by atoms with Crippen molar-refractivity contribution in [2.45, 2.75) is 19.9 Å². The first-order valence-electron chi connectivity index (χ1n) is 9.61. The molecule has 28 heavy (non-hydrogen) atoms. The molecule has 0 aromatic heterocycles. The zero-order chi connectivity index (χ0) is 20.1. The van der Waals surface area contributed by atoms with Crippen LogP contribution in [0, 0.1) is 17.6 Å². The van der Waals surface area contributed by atoms with E-state index in [1.54, 1.807) is 6.08 Å². The third-order valence-electron chi connectivity index (χ3n) is 4.95. The highest BCUT2D eigenvalue weighted by Gasteiger charge is 2.23. The highest BCUT2D eigenvalue weighted by Crippen LogP contribution is 2.23. The van der Waals surface area contributed by atoms with Crippen LogP contribution in [-0.4, -0.2) is 61.6 Å². The molecule has 1 fully saturated rings. The van der Waals surface area contributed by atoms with Gasteiger partial charge >= 0.3 is 0 Å². The monoisotopic (exact) mass is 395 g/mol. The van der Waals surface area contributed by atoms with Gasteiger partial charge in [0, 0.05) is 38.6 Å². The first-order valence-corrected chi connectivity index (χ1v) is 9.61. The van der Waals surface area contributed by atoms with E-state index in [1.165, 1.54) is 6.07 Å². The molecule has 2 aliphatic heterocycles. The van der Waals surface area contributed by atoms with Crippen molar-refractivity contribution in [2.24, 2.45) is 5.92 Å². The summed E-state index contributed by atoms with van der Waals surface area (Å²) in [5.74, 6) is -0.887. The molecule has 0 aliphatic carbocycles. The summed E-state index contributed by atoms with van der Waals surface area (Å²) in [6, 6.07) is 3.44. The van der Waals surface area contributed by atoms with Gasteiger partial charge in [0.05, 0.1) is 12.6 Å². The van der Waals surface area contributed by atoms with Crippen LogP contribution in [-0.2, 0) is 14.4 Å². The van der Waals surface area contributed by atoms with Gasteiger partial charge in [-0.2, -0.15) is 0 Å². The summed E-state index contributed by atoms with van der Waals surface area (Å²) in [6.45, 7) is 8.70. The van der Waals surface area contributed by atoms with Gasteiger partial charge in [0.25, 0.3) is 0 Å². The minimum atomic E-state index is -0.882. The quantitative estimate of drug-likeness (QED) is 0.718. The van der Waals surface area contributed by atoms with Gasteiger partial charge in [0.15, 0.2) is 11.6 Å². The van der Waals surface area contributed by atoms with Gasteiger partial charge in [0.2, 0.25) is 5.91 Å². The first kappa shape index (κ1) is 20.7. The number of carbonyl (C=O) groups is 1. The summed E-state index contributed by atoms with van der Waals surface area (Å²) in [7, 11) is 0. The Hall–Kier alpha value is -2.03. The maximum Gasteiger partial charge on any atom is 0.225 e. The van der Waals surface area contributed by atoms with Crippen LogP contribution in [0.5, 0.6) is 0 Å². The number of carbonyl (C=O) groups excluding carboxylic acids is 1. The van der Waals surface area contributed by atoms with E-state index < -0.39 is 11.6 Å². The minimum absolute atomic E-state index is 0.0402. The number of hydroxylamine groups is 1. The fourth-order valence-corrected chi connectivity index (χ4v) is 3.26. The summed E-state index contributed by atoms with van der Waals surface area (Å²) in [4.78, 5) is 21.5. The van der Waals surface area contributed by atoms with Crippen molar-refractivity contribution in [1.29, 1.82) is 0 Å². The summed E-state index contributed by atoms with van der Waals surface area (Å²) >= 11 is 0. The SMILES string of the molecule is CC(C)C(=O)N1CCN(CCOCC2=CC(c3ccc(F)c(F)c3)NO2)CC1. The van der Waals surface area contributed by atoms with Gasteiger partial charge in [-0.25, -0.2) is 8.78 Å². The fraction of sp³-hybridized carbons (Fsp3) is 0.550. The van der Waals surface area contributed by atoms with Crippen molar-refractivity contribution in [3.8, 4) is 0 Å². The summed E-state index contributed by atoms with van der Waals surface area (Å²) < 4.78 is 32.0. The van der Waals surface area contributed by atoms with Crippen molar-refractivity contribution < 1.29 is 23.1 Å². The molecule has 1 saturated heterocycles. The van der Waals surface area contributed by atoms with Crippen LogP contribution >= 0.6 is 0 Å². The fourth-order valence-electron chi connectivity index (χ4n) is 3.26. The lowest BCUT2D eigenvalue weighted by Gasteiger charge is -2.35. The van der Waals surface area contributed by atoms with Gasteiger partial charge in [-0.15, -0.1) is 5.48 Å². The number of benzene rings is 1. The van der Waals surface area contributed by atoms with Crippen LogP contribution < -0.4 is 5.48 Å². The van der Waals surface area contributed by atoms with Crippen LogP contribution in [0.15, 0.2) is 30.0 Å². The number of piperazine rings is 1. The molecule has 2 aliphatic rings. The Morgan fingerprint density at radius 1 is 1.25 bits per heavy atom. The van der Waals surface area contributed by atoms with E-state index in [0.29, 0.717) is 24.5 Å². The van der Waals surface area contributed by atoms with Crippen LogP contribution in [0.25, 0.3) is 0 Å². The van der Waals surface area contributed by atoms with E-state index >= 15 is 0 Å². The predicted octanol–water partition coefficient (Wildman–Crippen LogP) is 2.24. The maximum absolute atomic E-state index is 13.3. The molecule has 6 nitrogen and oxygen atoms in total. The summed E-state index contributed by atoms with van der Waals surface area (Å²) in [5, 5.41) is 0. The summed E-state index contributed by atoms with van der Waals surface area (Å²) in [5.41, 5.74) is 3.36. The largest absolute Gasteiger partial charge is 0.410 e. The Labute approximate surface area is 164 Å². The van der Waals surface area contributed by atoms with E-state index in [1.807, 2.05) is 18.7 Å². The summed E-state index contributed by atoms with van der Waals surface area (Å²) in [6.07, 6.45) is 1.79. The lowest BCUT2D eigenvalue weighted by atomic mass is 10.1. The zero-order valence-electron chi connectivity index (χ0n) is 16.3. The molecule has 154 valence electrons.